The molecule has 2 aromatic carbocycles. The molecule has 1 aliphatic heterocycles. The van der Waals surface area contributed by atoms with E-state index in [4.69, 9.17) is 15.5 Å². The zero-order chi connectivity index (χ0) is 22.5. The van der Waals surface area contributed by atoms with Gasteiger partial charge in [-0.15, -0.1) is 0 Å². The standard InChI is InChI=1S/C25H24N4O3/c1-2-7-21(30)29-15-6-8-18(16-29)25-27-22(23(28-25)24(26)31)17-11-13-20(14-12-17)32-19-9-4-3-5-10-19/h3-5,9-14,18H,6,8,15-16H2,1H3,(H2,26,31)(H,27,28). The number of H-pyrrole nitrogens is 1. The number of rotatable bonds is 5. The Hall–Kier alpha value is -4.05. The van der Waals surface area contributed by atoms with Crippen molar-refractivity contribution in [1.29, 1.82) is 0 Å². The number of aromatic nitrogens is 2. The van der Waals surface area contributed by atoms with Gasteiger partial charge in [0, 0.05) is 24.6 Å². The number of hydrogen-bond donors (Lipinski definition) is 2. The quantitative estimate of drug-likeness (QED) is 0.605. The molecule has 3 N–H and O–H groups in total. The smallest absolute Gasteiger partial charge is 0.298 e. The molecule has 1 aliphatic rings. The molecule has 0 spiro atoms. The molecule has 1 aromatic heterocycles. The van der Waals surface area contributed by atoms with Gasteiger partial charge in [0.25, 0.3) is 11.8 Å². The number of likely N-dealkylation sites (tertiary alicyclic amines) is 1. The van der Waals surface area contributed by atoms with E-state index in [0.29, 0.717) is 30.4 Å². The Morgan fingerprint density at radius 2 is 1.84 bits per heavy atom. The Balaban J connectivity index is 1.57. The molecule has 2 heterocycles. The fourth-order valence-electron chi connectivity index (χ4n) is 3.85. The van der Waals surface area contributed by atoms with Gasteiger partial charge in [-0.2, -0.15) is 0 Å². The molecule has 7 nitrogen and oxygen atoms in total. The number of nitrogens with zero attached hydrogens (tertiary/aromatic N) is 2. The van der Waals surface area contributed by atoms with Crippen LogP contribution in [0.1, 0.15) is 42.0 Å². The van der Waals surface area contributed by atoms with Crippen molar-refractivity contribution >= 4 is 11.8 Å². The zero-order valence-electron chi connectivity index (χ0n) is 17.8. The number of imidazole rings is 1. The number of amides is 2. The molecule has 32 heavy (non-hydrogen) atoms. The summed E-state index contributed by atoms with van der Waals surface area (Å²) in [5.74, 6) is 6.53. The van der Waals surface area contributed by atoms with Crippen molar-refractivity contribution in [3.05, 3.63) is 66.1 Å². The molecule has 1 fully saturated rings. The first-order valence-electron chi connectivity index (χ1n) is 10.5. The van der Waals surface area contributed by atoms with Crippen molar-refractivity contribution in [2.24, 2.45) is 5.73 Å². The van der Waals surface area contributed by atoms with Crippen LogP contribution in [0.5, 0.6) is 11.5 Å². The van der Waals surface area contributed by atoms with E-state index in [0.717, 1.165) is 24.2 Å². The van der Waals surface area contributed by atoms with Gasteiger partial charge in [-0.25, -0.2) is 4.98 Å². The van der Waals surface area contributed by atoms with E-state index in [1.165, 1.54) is 0 Å². The predicted octanol–water partition coefficient (Wildman–Crippen LogP) is 3.70. The minimum absolute atomic E-state index is 0.0149. The molecule has 2 amide bonds. The lowest BCUT2D eigenvalue weighted by atomic mass is 9.97. The Labute approximate surface area is 186 Å². The molecule has 1 saturated heterocycles. The van der Waals surface area contributed by atoms with Gasteiger partial charge < -0.3 is 20.4 Å². The van der Waals surface area contributed by atoms with Crippen LogP contribution in [0.3, 0.4) is 0 Å². The molecule has 162 valence electrons. The van der Waals surface area contributed by atoms with Crippen molar-refractivity contribution in [3.8, 4) is 34.6 Å². The van der Waals surface area contributed by atoms with Gasteiger partial charge in [-0.05, 0) is 62.1 Å². The van der Waals surface area contributed by atoms with Gasteiger partial charge >= 0.3 is 0 Å². The van der Waals surface area contributed by atoms with Crippen LogP contribution in [0, 0.1) is 11.8 Å². The van der Waals surface area contributed by atoms with Crippen LogP contribution in [-0.4, -0.2) is 39.8 Å². The summed E-state index contributed by atoms with van der Waals surface area (Å²) in [6, 6.07) is 16.8. The Morgan fingerprint density at radius 1 is 1.12 bits per heavy atom. The first-order chi connectivity index (χ1) is 15.5. The Kier molecular flexibility index (Phi) is 6.22. The minimum Gasteiger partial charge on any atom is -0.457 e. The molecule has 1 atom stereocenters. The van der Waals surface area contributed by atoms with Crippen LogP contribution in [0.25, 0.3) is 11.3 Å². The highest BCUT2D eigenvalue weighted by atomic mass is 16.5. The van der Waals surface area contributed by atoms with E-state index >= 15 is 0 Å². The number of nitrogens with one attached hydrogen (secondary N) is 1. The molecular formula is C25H24N4O3. The van der Waals surface area contributed by atoms with Gasteiger partial charge in [-0.1, -0.05) is 24.1 Å². The van der Waals surface area contributed by atoms with Crippen molar-refractivity contribution in [2.75, 3.05) is 13.1 Å². The second-order valence-electron chi connectivity index (χ2n) is 7.61. The third kappa shape index (κ3) is 4.65. The maximum Gasteiger partial charge on any atom is 0.298 e. The number of piperidine rings is 1. The Morgan fingerprint density at radius 3 is 2.53 bits per heavy atom. The predicted molar refractivity (Wildman–Crippen MR) is 121 cm³/mol. The van der Waals surface area contributed by atoms with E-state index in [-0.39, 0.29) is 17.5 Å². The summed E-state index contributed by atoms with van der Waals surface area (Å²) in [5, 5.41) is 0. The summed E-state index contributed by atoms with van der Waals surface area (Å²) in [5.41, 5.74) is 7.13. The average molecular weight is 428 g/mol. The van der Waals surface area contributed by atoms with Crippen LogP contribution in [-0.2, 0) is 4.79 Å². The maximum atomic E-state index is 12.2. The number of carbonyl (C=O) groups excluding carboxylic acids is 2. The summed E-state index contributed by atoms with van der Waals surface area (Å²) >= 11 is 0. The molecule has 3 aromatic rings. The number of carbonyl (C=O) groups is 2. The first kappa shape index (κ1) is 21.2. The number of aromatic amines is 1. The number of ether oxygens (including phenoxy) is 1. The highest BCUT2D eigenvalue weighted by Gasteiger charge is 2.28. The van der Waals surface area contributed by atoms with Crippen molar-refractivity contribution in [2.45, 2.75) is 25.7 Å². The lowest BCUT2D eigenvalue weighted by Crippen LogP contribution is -2.38. The van der Waals surface area contributed by atoms with E-state index in [2.05, 4.69) is 16.8 Å². The third-order valence-corrected chi connectivity index (χ3v) is 5.40. The maximum absolute atomic E-state index is 12.2. The van der Waals surface area contributed by atoms with E-state index < -0.39 is 5.91 Å². The summed E-state index contributed by atoms with van der Waals surface area (Å²) in [6.45, 7) is 2.82. The third-order valence-electron chi connectivity index (χ3n) is 5.40. The van der Waals surface area contributed by atoms with Crippen LogP contribution in [0.4, 0.5) is 0 Å². The number of benzene rings is 2. The van der Waals surface area contributed by atoms with Crippen LogP contribution < -0.4 is 10.5 Å². The van der Waals surface area contributed by atoms with Gasteiger partial charge in [0.2, 0.25) is 0 Å². The van der Waals surface area contributed by atoms with Gasteiger partial charge in [0.15, 0.2) is 0 Å². The molecule has 4 rings (SSSR count). The number of nitrogens with two attached hydrogens (primary N) is 1. The monoisotopic (exact) mass is 428 g/mol. The lowest BCUT2D eigenvalue weighted by molar-refractivity contribution is -0.126. The fraction of sp³-hybridized carbons (Fsp3) is 0.240. The topological polar surface area (TPSA) is 101 Å². The normalized spacial score (nSPS) is 15.5. The van der Waals surface area contributed by atoms with Crippen LogP contribution >= 0.6 is 0 Å². The lowest BCUT2D eigenvalue weighted by Gasteiger charge is -2.30. The van der Waals surface area contributed by atoms with E-state index in [1.807, 2.05) is 54.6 Å². The number of para-hydroxylation sites is 1. The molecule has 0 saturated carbocycles. The molecule has 0 aliphatic carbocycles. The highest BCUT2D eigenvalue weighted by Crippen LogP contribution is 2.31. The summed E-state index contributed by atoms with van der Waals surface area (Å²) in [7, 11) is 0. The Bertz CT molecular complexity index is 1170. The van der Waals surface area contributed by atoms with Crippen molar-refractivity contribution in [3.63, 3.8) is 0 Å². The van der Waals surface area contributed by atoms with Gasteiger partial charge in [0.05, 0.1) is 0 Å². The summed E-state index contributed by atoms with van der Waals surface area (Å²) in [6.07, 6.45) is 1.70. The second kappa shape index (κ2) is 9.40. The van der Waals surface area contributed by atoms with Gasteiger partial charge in [-0.3, -0.25) is 9.59 Å². The summed E-state index contributed by atoms with van der Waals surface area (Å²) in [4.78, 5) is 33.8. The molecule has 0 radical (unpaired) electrons. The van der Waals surface area contributed by atoms with Crippen molar-refractivity contribution in [1.82, 2.24) is 14.9 Å². The van der Waals surface area contributed by atoms with E-state index in [9.17, 15) is 9.59 Å². The SMILES string of the molecule is CC#CC(=O)N1CCCC(c2nc(-c3ccc(Oc4ccccc4)cc3)c(C(N)=O)[nH]2)C1. The molecule has 0 bridgehead atoms. The fourth-order valence-corrected chi connectivity index (χ4v) is 3.85. The number of hydrogen-bond acceptors (Lipinski definition) is 4. The molecule has 7 heteroatoms. The van der Waals surface area contributed by atoms with Crippen LogP contribution in [0.15, 0.2) is 54.6 Å². The highest BCUT2D eigenvalue weighted by molar-refractivity contribution is 5.97. The number of primary amides is 1. The van der Waals surface area contributed by atoms with Crippen LogP contribution in [0.2, 0.25) is 0 Å². The first-order valence-corrected chi connectivity index (χ1v) is 10.5. The largest absolute Gasteiger partial charge is 0.457 e. The van der Waals surface area contributed by atoms with E-state index in [1.54, 1.807) is 11.8 Å². The average Bonchev–Trinajstić information content (AvgIpc) is 3.27. The van der Waals surface area contributed by atoms with Crippen molar-refractivity contribution < 1.29 is 14.3 Å². The summed E-state index contributed by atoms with van der Waals surface area (Å²) < 4.78 is 5.83. The zero-order valence-corrected chi connectivity index (χ0v) is 17.8. The molecule has 1 unspecified atom stereocenters. The molecular weight excluding hydrogens is 404 g/mol. The second-order valence-corrected chi connectivity index (χ2v) is 7.61. The van der Waals surface area contributed by atoms with Gasteiger partial charge in [0.1, 0.15) is 28.7 Å². The minimum atomic E-state index is -0.580.